The maximum absolute atomic E-state index is 10.4. The average Bonchev–Trinajstić information content (AvgIpc) is 2.30. The van der Waals surface area contributed by atoms with Crippen LogP contribution in [0.5, 0.6) is 0 Å². The van der Waals surface area contributed by atoms with E-state index in [9.17, 15) is 4.79 Å². The first kappa shape index (κ1) is 13.0. The summed E-state index contributed by atoms with van der Waals surface area (Å²) in [5.41, 5.74) is -0.120. The summed E-state index contributed by atoms with van der Waals surface area (Å²) in [5.74, 6) is -1.01. The zero-order chi connectivity index (χ0) is 9.35. The molecule has 0 unspecified atom stereocenters. The predicted molar refractivity (Wildman–Crippen MR) is 46.7 cm³/mol. The van der Waals surface area contributed by atoms with Crippen LogP contribution in [0.1, 0.15) is 37.0 Å². The maximum Gasteiger partial charge on any atom is 1.00 e. The van der Waals surface area contributed by atoms with Crippen molar-refractivity contribution in [3.05, 3.63) is 10.0 Å². The molecule has 0 fully saturated rings. The van der Waals surface area contributed by atoms with Crippen molar-refractivity contribution in [3.8, 4) is 0 Å². The predicted octanol–water partition coefficient (Wildman–Crippen LogP) is -1.35. The molecule has 0 saturated heterocycles. The van der Waals surface area contributed by atoms with Crippen LogP contribution in [-0.4, -0.2) is 21.3 Å². The Kier molecular flexibility index (Phi) is 4.51. The Balaban J connectivity index is 0. The minimum atomic E-state index is -1.01. The SMILES string of the molecule is CC(C)(C)c1nnc(C(=O)O)s1.[H-].[Na+]. The van der Waals surface area contributed by atoms with Crippen LogP contribution in [0.25, 0.3) is 0 Å². The van der Waals surface area contributed by atoms with Crippen molar-refractivity contribution in [3.63, 3.8) is 0 Å². The van der Waals surface area contributed by atoms with Crippen molar-refractivity contribution in [2.75, 3.05) is 0 Å². The van der Waals surface area contributed by atoms with Crippen molar-refractivity contribution in [1.29, 1.82) is 0 Å². The zero-order valence-corrected chi connectivity index (χ0v) is 11.0. The van der Waals surface area contributed by atoms with Crippen LogP contribution in [0, 0.1) is 0 Å². The molecule has 0 aliphatic rings. The van der Waals surface area contributed by atoms with E-state index in [-0.39, 0.29) is 41.4 Å². The second-order valence-electron chi connectivity index (χ2n) is 3.47. The second-order valence-corrected chi connectivity index (χ2v) is 4.45. The number of aromatic nitrogens is 2. The Labute approximate surface area is 104 Å². The largest absolute Gasteiger partial charge is 1.00 e. The molecule has 0 aromatic carbocycles. The van der Waals surface area contributed by atoms with Gasteiger partial charge in [0.2, 0.25) is 5.01 Å². The summed E-state index contributed by atoms with van der Waals surface area (Å²) in [4.78, 5) is 10.4. The van der Waals surface area contributed by atoms with E-state index in [0.717, 1.165) is 16.3 Å². The van der Waals surface area contributed by atoms with E-state index in [1.165, 1.54) is 0 Å². The van der Waals surface area contributed by atoms with Gasteiger partial charge in [-0.3, -0.25) is 0 Å². The molecule has 4 nitrogen and oxygen atoms in total. The molecule has 0 atom stereocenters. The van der Waals surface area contributed by atoms with Crippen LogP contribution in [0.3, 0.4) is 0 Å². The average molecular weight is 210 g/mol. The maximum atomic E-state index is 10.4. The van der Waals surface area contributed by atoms with Crippen molar-refractivity contribution in [1.82, 2.24) is 10.2 Å². The Morgan fingerprint density at radius 1 is 1.46 bits per heavy atom. The smallest absolute Gasteiger partial charge is 1.00 e. The first-order valence-electron chi connectivity index (χ1n) is 3.48. The zero-order valence-electron chi connectivity index (χ0n) is 9.16. The number of carbonyl (C=O) groups is 1. The van der Waals surface area contributed by atoms with Crippen molar-refractivity contribution >= 4 is 17.3 Å². The molecule has 0 bridgehead atoms. The summed E-state index contributed by atoms with van der Waals surface area (Å²) in [5, 5.41) is 16.7. The minimum absolute atomic E-state index is 0. The first-order valence-corrected chi connectivity index (χ1v) is 4.30. The molecule has 6 heteroatoms. The summed E-state index contributed by atoms with van der Waals surface area (Å²) in [6.07, 6.45) is 0. The summed E-state index contributed by atoms with van der Waals surface area (Å²) in [6.45, 7) is 5.91. The molecular weight excluding hydrogens is 199 g/mol. The molecule has 1 aromatic heterocycles. The number of hydrogen-bond acceptors (Lipinski definition) is 4. The number of rotatable bonds is 1. The number of aromatic carboxylic acids is 1. The Morgan fingerprint density at radius 2 is 2.00 bits per heavy atom. The number of carboxylic acid groups (broad SMARTS) is 1. The van der Waals surface area contributed by atoms with Gasteiger partial charge in [0.15, 0.2) is 0 Å². The number of hydrogen-bond donors (Lipinski definition) is 1. The molecule has 0 saturated carbocycles. The topological polar surface area (TPSA) is 63.1 Å². The van der Waals surface area contributed by atoms with E-state index < -0.39 is 5.97 Å². The summed E-state index contributed by atoms with van der Waals surface area (Å²) in [7, 11) is 0. The van der Waals surface area contributed by atoms with Gasteiger partial charge in [-0.15, -0.1) is 10.2 Å². The fraction of sp³-hybridized carbons (Fsp3) is 0.571. The van der Waals surface area contributed by atoms with E-state index >= 15 is 0 Å². The second kappa shape index (κ2) is 4.50. The van der Waals surface area contributed by atoms with Gasteiger partial charge in [-0.25, -0.2) is 4.79 Å². The van der Waals surface area contributed by atoms with Gasteiger partial charge in [0.1, 0.15) is 5.01 Å². The van der Waals surface area contributed by atoms with Gasteiger partial charge in [-0.1, -0.05) is 32.1 Å². The molecule has 1 rings (SSSR count). The van der Waals surface area contributed by atoms with Crippen LogP contribution in [-0.2, 0) is 5.41 Å². The Hall–Kier alpha value is 0.0300. The van der Waals surface area contributed by atoms with Crippen LogP contribution < -0.4 is 29.6 Å². The van der Waals surface area contributed by atoms with Gasteiger partial charge in [0.25, 0.3) is 0 Å². The van der Waals surface area contributed by atoms with Crippen molar-refractivity contribution in [2.24, 2.45) is 0 Å². The van der Waals surface area contributed by atoms with E-state index in [0.29, 0.717) is 0 Å². The van der Waals surface area contributed by atoms with E-state index in [2.05, 4.69) is 10.2 Å². The molecule has 13 heavy (non-hydrogen) atoms. The van der Waals surface area contributed by atoms with Crippen molar-refractivity contribution in [2.45, 2.75) is 26.2 Å². The van der Waals surface area contributed by atoms with Crippen LogP contribution in [0.15, 0.2) is 0 Å². The molecule has 1 aromatic rings. The van der Waals surface area contributed by atoms with Crippen LogP contribution in [0.2, 0.25) is 0 Å². The standard InChI is InChI=1S/C7H10N2O2S.Na.H/c1-7(2,3)6-9-8-4(12-6)5(10)11;;/h1-3H3,(H,10,11);;/q;+1;-1. The van der Waals surface area contributed by atoms with Crippen LogP contribution in [0.4, 0.5) is 0 Å². The van der Waals surface area contributed by atoms with E-state index in [1.807, 2.05) is 20.8 Å². The van der Waals surface area contributed by atoms with Gasteiger partial charge in [0, 0.05) is 5.41 Å². The molecular formula is C7H11N2NaO2S. The number of nitrogens with zero attached hydrogens (tertiary/aromatic N) is 2. The first-order chi connectivity index (χ1) is 5.41. The van der Waals surface area contributed by atoms with Crippen LogP contribution >= 0.6 is 11.3 Å². The molecule has 0 radical (unpaired) electrons. The normalized spacial score (nSPS) is 10.7. The molecule has 68 valence electrons. The molecule has 0 amide bonds. The third-order valence-corrected chi connectivity index (χ3v) is 2.59. The van der Waals surface area contributed by atoms with Gasteiger partial charge in [0.05, 0.1) is 0 Å². The van der Waals surface area contributed by atoms with E-state index in [4.69, 9.17) is 5.11 Å². The summed E-state index contributed by atoms with van der Waals surface area (Å²) in [6, 6.07) is 0. The number of carboxylic acids is 1. The van der Waals surface area contributed by atoms with Gasteiger partial charge in [-0.2, -0.15) is 0 Å². The Morgan fingerprint density at radius 3 is 2.23 bits per heavy atom. The molecule has 1 heterocycles. The van der Waals surface area contributed by atoms with Gasteiger partial charge < -0.3 is 6.53 Å². The van der Waals surface area contributed by atoms with Gasteiger partial charge in [-0.05, 0) is 0 Å². The van der Waals surface area contributed by atoms with E-state index in [1.54, 1.807) is 0 Å². The fourth-order valence-electron chi connectivity index (χ4n) is 0.613. The molecule has 0 aliphatic carbocycles. The molecule has 0 spiro atoms. The summed E-state index contributed by atoms with van der Waals surface area (Å²) < 4.78 is 0. The van der Waals surface area contributed by atoms with Gasteiger partial charge >= 0.3 is 35.5 Å². The van der Waals surface area contributed by atoms with Crippen molar-refractivity contribution < 1.29 is 40.9 Å². The quantitative estimate of drug-likeness (QED) is 0.582. The monoisotopic (exact) mass is 210 g/mol. The minimum Gasteiger partial charge on any atom is -1.00 e. The fourth-order valence-corrected chi connectivity index (χ4v) is 1.35. The third-order valence-electron chi connectivity index (χ3n) is 1.25. The third kappa shape index (κ3) is 3.34. The Bertz CT molecular complexity index is 311. The summed E-state index contributed by atoms with van der Waals surface area (Å²) >= 11 is 1.13. The molecule has 0 aliphatic heterocycles. The molecule has 1 N–H and O–H groups in total.